The minimum Gasteiger partial charge on any atom is -0.396 e. The van der Waals surface area contributed by atoms with Crippen LogP contribution in [0.15, 0.2) is 9.95 Å². The first-order valence-corrected chi connectivity index (χ1v) is 9.98. The third-order valence-corrected chi connectivity index (χ3v) is 6.66. The first-order valence-electron chi connectivity index (χ1n) is 8.18. The van der Waals surface area contributed by atoms with Gasteiger partial charge in [-0.05, 0) is 37.7 Å². The summed E-state index contributed by atoms with van der Waals surface area (Å²) in [5.41, 5.74) is 1.30. The summed E-state index contributed by atoms with van der Waals surface area (Å²) in [6, 6.07) is 0. The van der Waals surface area contributed by atoms with Crippen LogP contribution >= 0.6 is 23.1 Å². The van der Waals surface area contributed by atoms with Crippen molar-refractivity contribution in [2.45, 2.75) is 49.9 Å². The van der Waals surface area contributed by atoms with Crippen LogP contribution in [0, 0.1) is 0 Å². The number of hydrogen-bond donors (Lipinski definition) is 1. The molecule has 1 atom stereocenters. The summed E-state index contributed by atoms with van der Waals surface area (Å²) in [7, 11) is 0. The summed E-state index contributed by atoms with van der Waals surface area (Å²) < 4.78 is 7.50. The van der Waals surface area contributed by atoms with Crippen molar-refractivity contribution < 1.29 is 9.84 Å². The van der Waals surface area contributed by atoms with E-state index in [0.29, 0.717) is 17.5 Å². The van der Waals surface area contributed by atoms with Crippen molar-refractivity contribution in [2.24, 2.45) is 0 Å². The van der Waals surface area contributed by atoms with Crippen LogP contribution in [0.5, 0.6) is 0 Å². The minimum atomic E-state index is 0.0744. The molecule has 1 aliphatic heterocycles. The zero-order chi connectivity index (χ0) is 15.8. The fourth-order valence-electron chi connectivity index (χ4n) is 3.46. The first kappa shape index (κ1) is 15.6. The highest BCUT2D eigenvalue weighted by Crippen LogP contribution is 2.35. The molecule has 124 valence electrons. The highest BCUT2D eigenvalue weighted by atomic mass is 32.2. The van der Waals surface area contributed by atoms with E-state index in [9.17, 15) is 4.79 Å². The largest absolute Gasteiger partial charge is 0.396 e. The summed E-state index contributed by atoms with van der Waals surface area (Å²) in [5.74, 6) is 0.550. The van der Waals surface area contributed by atoms with Gasteiger partial charge < -0.3 is 9.84 Å². The van der Waals surface area contributed by atoms with Crippen LogP contribution in [-0.4, -0.2) is 39.7 Å². The predicted octanol–water partition coefficient (Wildman–Crippen LogP) is 2.21. The standard InChI is InChI=1S/C16H20N2O3S2/c19-6-8-22-16-17-14-13(11-4-1-5-12(11)23-14)15(20)18(16)9-10-3-2-7-21-10/h10,19H,1-9H2/t10-/m0/s1. The SMILES string of the molecule is O=c1c2c3c(sc2nc(SCCO)n1C[C@@H]1CCCO1)CCC3. The maximum atomic E-state index is 13.1. The zero-order valence-electron chi connectivity index (χ0n) is 12.9. The quantitative estimate of drug-likeness (QED) is 0.660. The Morgan fingerprint density at radius 2 is 2.30 bits per heavy atom. The Morgan fingerprint density at radius 1 is 1.39 bits per heavy atom. The summed E-state index contributed by atoms with van der Waals surface area (Å²) in [6.07, 6.45) is 5.37. The Hall–Kier alpha value is -0.890. The predicted molar refractivity (Wildman–Crippen MR) is 92.7 cm³/mol. The molecular formula is C16H20N2O3S2. The van der Waals surface area contributed by atoms with Gasteiger partial charge in [0.25, 0.3) is 5.56 Å². The maximum absolute atomic E-state index is 13.1. The average molecular weight is 352 g/mol. The molecule has 0 bridgehead atoms. The molecule has 0 amide bonds. The summed E-state index contributed by atoms with van der Waals surface area (Å²) in [6.45, 7) is 1.43. The van der Waals surface area contributed by atoms with E-state index in [-0.39, 0.29) is 18.3 Å². The number of aromatic nitrogens is 2. The van der Waals surface area contributed by atoms with Gasteiger partial charge in [-0.2, -0.15) is 0 Å². The van der Waals surface area contributed by atoms with Gasteiger partial charge in [0.15, 0.2) is 5.16 Å². The van der Waals surface area contributed by atoms with Crippen LogP contribution in [0.3, 0.4) is 0 Å². The van der Waals surface area contributed by atoms with E-state index < -0.39 is 0 Å². The monoisotopic (exact) mass is 352 g/mol. The van der Waals surface area contributed by atoms with Crippen LogP contribution in [0.25, 0.3) is 10.2 Å². The van der Waals surface area contributed by atoms with Crippen molar-refractivity contribution in [2.75, 3.05) is 19.0 Å². The highest BCUT2D eigenvalue weighted by Gasteiger charge is 2.25. The van der Waals surface area contributed by atoms with Gasteiger partial charge in [0.05, 0.1) is 24.6 Å². The second-order valence-electron chi connectivity index (χ2n) is 6.05. The topological polar surface area (TPSA) is 64.3 Å². The Bertz CT molecular complexity index is 778. The Labute approximate surface area is 142 Å². The molecule has 0 unspecified atom stereocenters. The van der Waals surface area contributed by atoms with Crippen molar-refractivity contribution in [3.05, 3.63) is 20.8 Å². The lowest BCUT2D eigenvalue weighted by Gasteiger charge is -2.15. The number of ether oxygens (including phenoxy) is 1. The molecule has 1 N–H and O–H groups in total. The van der Waals surface area contributed by atoms with Crippen LogP contribution in [0.4, 0.5) is 0 Å². The van der Waals surface area contributed by atoms with Crippen molar-refractivity contribution >= 4 is 33.3 Å². The molecule has 0 spiro atoms. The van der Waals surface area contributed by atoms with E-state index in [1.165, 1.54) is 22.2 Å². The fraction of sp³-hybridized carbons (Fsp3) is 0.625. The van der Waals surface area contributed by atoms with E-state index in [2.05, 4.69) is 0 Å². The molecule has 0 saturated carbocycles. The second kappa shape index (κ2) is 6.55. The first-order chi connectivity index (χ1) is 11.3. The molecule has 4 rings (SSSR count). The lowest BCUT2D eigenvalue weighted by molar-refractivity contribution is 0.0937. The molecule has 23 heavy (non-hydrogen) atoms. The molecule has 1 fully saturated rings. The summed E-state index contributed by atoms with van der Waals surface area (Å²) in [4.78, 5) is 20.1. The van der Waals surface area contributed by atoms with Crippen LogP contribution in [-0.2, 0) is 24.1 Å². The summed E-state index contributed by atoms with van der Waals surface area (Å²) in [5, 5.41) is 10.7. The minimum absolute atomic E-state index is 0.0744. The maximum Gasteiger partial charge on any atom is 0.263 e. The normalized spacial score (nSPS) is 20.5. The highest BCUT2D eigenvalue weighted by molar-refractivity contribution is 7.99. The molecule has 3 heterocycles. The average Bonchev–Trinajstić information content (AvgIpc) is 3.24. The van der Waals surface area contributed by atoms with Gasteiger partial charge in [-0.25, -0.2) is 4.98 Å². The lowest BCUT2D eigenvalue weighted by Crippen LogP contribution is -2.29. The Morgan fingerprint density at radius 3 is 3.09 bits per heavy atom. The lowest BCUT2D eigenvalue weighted by atomic mass is 10.2. The molecule has 2 aromatic rings. The Balaban J connectivity index is 1.81. The Kier molecular flexibility index (Phi) is 4.45. The zero-order valence-corrected chi connectivity index (χ0v) is 14.5. The van der Waals surface area contributed by atoms with Gasteiger partial charge in [-0.1, -0.05) is 11.8 Å². The number of hydrogen-bond acceptors (Lipinski definition) is 6. The third kappa shape index (κ3) is 2.84. The van der Waals surface area contributed by atoms with Crippen molar-refractivity contribution in [1.82, 2.24) is 9.55 Å². The van der Waals surface area contributed by atoms with Crippen LogP contribution in [0.1, 0.15) is 29.7 Å². The number of thioether (sulfide) groups is 1. The number of thiophene rings is 1. The van der Waals surface area contributed by atoms with Gasteiger partial charge >= 0.3 is 0 Å². The molecule has 2 aliphatic rings. The molecule has 7 heteroatoms. The van der Waals surface area contributed by atoms with Gasteiger partial charge in [-0.15, -0.1) is 11.3 Å². The van der Waals surface area contributed by atoms with Crippen molar-refractivity contribution in [1.29, 1.82) is 0 Å². The van der Waals surface area contributed by atoms with Gasteiger partial charge in [0.2, 0.25) is 0 Å². The molecule has 0 radical (unpaired) electrons. The smallest absolute Gasteiger partial charge is 0.263 e. The van der Waals surface area contributed by atoms with Gasteiger partial charge in [0.1, 0.15) is 4.83 Å². The number of aryl methyl sites for hydroxylation is 2. The van der Waals surface area contributed by atoms with E-state index in [0.717, 1.165) is 48.9 Å². The number of aliphatic hydroxyl groups is 1. The molecule has 2 aromatic heterocycles. The summed E-state index contributed by atoms with van der Waals surface area (Å²) >= 11 is 3.12. The molecule has 1 saturated heterocycles. The molecule has 0 aromatic carbocycles. The van der Waals surface area contributed by atoms with Crippen molar-refractivity contribution in [3.8, 4) is 0 Å². The number of rotatable bonds is 5. The van der Waals surface area contributed by atoms with Crippen molar-refractivity contribution in [3.63, 3.8) is 0 Å². The number of aliphatic hydroxyl groups excluding tert-OH is 1. The van der Waals surface area contributed by atoms with Crippen LogP contribution in [0.2, 0.25) is 0 Å². The van der Waals surface area contributed by atoms with Gasteiger partial charge in [-0.3, -0.25) is 9.36 Å². The number of fused-ring (bicyclic) bond motifs is 3. The van der Waals surface area contributed by atoms with E-state index in [1.54, 1.807) is 15.9 Å². The fourth-order valence-corrected chi connectivity index (χ4v) is 5.51. The van der Waals surface area contributed by atoms with Crippen LogP contribution < -0.4 is 5.56 Å². The molecule has 5 nitrogen and oxygen atoms in total. The van der Waals surface area contributed by atoms with E-state index in [1.807, 2.05) is 0 Å². The molecular weight excluding hydrogens is 332 g/mol. The third-order valence-electron chi connectivity index (χ3n) is 4.52. The van der Waals surface area contributed by atoms with E-state index in [4.69, 9.17) is 14.8 Å². The van der Waals surface area contributed by atoms with E-state index >= 15 is 0 Å². The van der Waals surface area contributed by atoms with Gasteiger partial charge in [0, 0.05) is 17.2 Å². The second-order valence-corrected chi connectivity index (χ2v) is 8.20. The molecule has 1 aliphatic carbocycles. The number of nitrogens with zero attached hydrogens (tertiary/aromatic N) is 2.